The number of aliphatic imine (C=N–C) groups is 1. The zero-order chi connectivity index (χ0) is 16.2. The molecule has 1 fully saturated rings. The lowest BCUT2D eigenvalue weighted by atomic mass is 10.1. The van der Waals surface area contributed by atoms with Crippen molar-refractivity contribution in [3.05, 3.63) is 24.2 Å². The lowest BCUT2D eigenvalue weighted by molar-refractivity contribution is 0.0822. The zero-order valence-electron chi connectivity index (χ0n) is 14.5. The van der Waals surface area contributed by atoms with E-state index in [1.54, 1.807) is 13.4 Å². The molecule has 0 spiro atoms. The maximum absolute atomic E-state index is 5.41. The fourth-order valence-corrected chi connectivity index (χ4v) is 2.50. The van der Waals surface area contributed by atoms with Gasteiger partial charge in [-0.25, -0.2) is 4.99 Å². The zero-order valence-corrected chi connectivity index (χ0v) is 16.8. The van der Waals surface area contributed by atoms with Gasteiger partial charge in [-0.15, -0.1) is 24.0 Å². The molecule has 0 atom stereocenters. The van der Waals surface area contributed by atoms with E-state index in [0.29, 0.717) is 12.6 Å². The molecule has 0 saturated carbocycles. The van der Waals surface area contributed by atoms with Crippen LogP contribution >= 0.6 is 24.0 Å². The Morgan fingerprint density at radius 1 is 1.29 bits per heavy atom. The first kappa shape index (κ1) is 21.2. The number of hydrogen-bond acceptors (Lipinski definition) is 4. The third-order valence-corrected chi connectivity index (χ3v) is 3.85. The maximum Gasteiger partial charge on any atom is 0.191 e. The summed E-state index contributed by atoms with van der Waals surface area (Å²) in [7, 11) is 1.75. The Bertz CT molecular complexity index is 434. The van der Waals surface area contributed by atoms with Gasteiger partial charge in [0, 0.05) is 39.5 Å². The summed E-state index contributed by atoms with van der Waals surface area (Å²) in [5, 5.41) is 6.93. The number of unbranched alkanes of at least 4 members (excludes halogenated alkanes) is 2. The largest absolute Gasteiger partial charge is 0.467 e. The van der Waals surface area contributed by atoms with Crippen molar-refractivity contribution in [1.82, 2.24) is 10.6 Å². The average molecular weight is 451 g/mol. The van der Waals surface area contributed by atoms with Crippen molar-refractivity contribution < 1.29 is 13.9 Å². The Hall–Kier alpha value is -0.800. The van der Waals surface area contributed by atoms with Crippen LogP contribution in [-0.2, 0) is 16.0 Å². The number of ether oxygens (including phenoxy) is 2. The topological polar surface area (TPSA) is 68.0 Å². The lowest BCUT2D eigenvalue weighted by Crippen LogP contribution is -2.46. The molecule has 6 nitrogen and oxygen atoms in total. The Balaban J connectivity index is 0.00000288. The second-order valence-electron chi connectivity index (χ2n) is 5.76. The molecule has 0 amide bonds. The normalized spacial score (nSPS) is 15.8. The van der Waals surface area contributed by atoms with Crippen LogP contribution in [-0.4, -0.2) is 45.5 Å². The molecule has 0 aliphatic carbocycles. The van der Waals surface area contributed by atoms with E-state index in [0.717, 1.165) is 70.2 Å². The van der Waals surface area contributed by atoms with Gasteiger partial charge in [-0.1, -0.05) is 0 Å². The van der Waals surface area contributed by atoms with Crippen LogP contribution in [0.15, 0.2) is 27.8 Å². The summed E-state index contributed by atoms with van der Waals surface area (Å²) in [6.07, 6.45) is 7.09. The Morgan fingerprint density at radius 2 is 2.12 bits per heavy atom. The lowest BCUT2D eigenvalue weighted by Gasteiger charge is -2.25. The fraction of sp³-hybridized carbons (Fsp3) is 0.706. The van der Waals surface area contributed by atoms with Gasteiger partial charge in [0.25, 0.3) is 0 Å². The Labute approximate surface area is 161 Å². The molecule has 0 aromatic carbocycles. The van der Waals surface area contributed by atoms with Crippen molar-refractivity contribution in [2.45, 2.75) is 44.7 Å². The summed E-state index contributed by atoms with van der Waals surface area (Å²) >= 11 is 0. The first-order chi connectivity index (χ1) is 11.4. The van der Waals surface area contributed by atoms with Gasteiger partial charge < -0.3 is 24.5 Å². The molecule has 2 N–H and O–H groups in total. The first-order valence-electron chi connectivity index (χ1n) is 8.52. The third-order valence-electron chi connectivity index (χ3n) is 3.85. The maximum atomic E-state index is 5.41. The van der Waals surface area contributed by atoms with Crippen molar-refractivity contribution >= 4 is 29.9 Å². The van der Waals surface area contributed by atoms with Crippen LogP contribution in [0.4, 0.5) is 0 Å². The van der Waals surface area contributed by atoms with Crippen LogP contribution in [0.1, 0.15) is 37.9 Å². The van der Waals surface area contributed by atoms with Crippen LogP contribution in [0.3, 0.4) is 0 Å². The molecular formula is C17H30IN3O3. The Kier molecular flexibility index (Phi) is 11.9. The number of guanidine groups is 1. The predicted octanol–water partition coefficient (Wildman–Crippen LogP) is 2.93. The predicted molar refractivity (Wildman–Crippen MR) is 106 cm³/mol. The molecule has 0 radical (unpaired) electrons. The van der Waals surface area contributed by atoms with Gasteiger partial charge in [-0.05, 0) is 44.2 Å². The van der Waals surface area contributed by atoms with Crippen LogP contribution in [0.5, 0.6) is 0 Å². The minimum Gasteiger partial charge on any atom is -0.467 e. The van der Waals surface area contributed by atoms with Gasteiger partial charge in [-0.3, -0.25) is 0 Å². The van der Waals surface area contributed by atoms with E-state index in [9.17, 15) is 0 Å². The van der Waals surface area contributed by atoms with Crippen LogP contribution in [0.2, 0.25) is 0 Å². The van der Waals surface area contributed by atoms with Crippen LogP contribution in [0, 0.1) is 0 Å². The number of hydrogen-bond donors (Lipinski definition) is 2. The molecule has 2 rings (SSSR count). The van der Waals surface area contributed by atoms with Gasteiger partial charge in [0.1, 0.15) is 12.3 Å². The van der Waals surface area contributed by atoms with Crippen molar-refractivity contribution in [2.75, 3.05) is 33.5 Å². The van der Waals surface area contributed by atoms with E-state index in [-0.39, 0.29) is 24.0 Å². The highest BCUT2D eigenvalue weighted by Gasteiger charge is 2.14. The molecule has 1 aliphatic heterocycles. The van der Waals surface area contributed by atoms with Gasteiger partial charge in [0.15, 0.2) is 5.96 Å². The van der Waals surface area contributed by atoms with E-state index in [2.05, 4.69) is 15.6 Å². The van der Waals surface area contributed by atoms with Crippen molar-refractivity contribution in [3.63, 3.8) is 0 Å². The second kappa shape index (κ2) is 13.5. The summed E-state index contributed by atoms with van der Waals surface area (Å²) in [5.41, 5.74) is 0. The summed E-state index contributed by atoms with van der Waals surface area (Å²) < 4.78 is 15.8. The monoisotopic (exact) mass is 451 g/mol. The van der Waals surface area contributed by atoms with Crippen LogP contribution < -0.4 is 10.6 Å². The molecule has 1 aromatic rings. The van der Waals surface area contributed by atoms with Crippen molar-refractivity contribution in [2.24, 2.45) is 4.99 Å². The van der Waals surface area contributed by atoms with Gasteiger partial charge in [0.05, 0.1) is 6.26 Å². The van der Waals surface area contributed by atoms with E-state index in [1.807, 2.05) is 12.1 Å². The summed E-state index contributed by atoms with van der Waals surface area (Å²) in [5.74, 6) is 1.73. The summed E-state index contributed by atoms with van der Waals surface area (Å²) in [6.45, 7) is 3.94. The molecule has 7 heteroatoms. The minimum absolute atomic E-state index is 0. The highest BCUT2D eigenvalue weighted by Crippen LogP contribution is 2.07. The van der Waals surface area contributed by atoms with Crippen LogP contribution in [0.25, 0.3) is 0 Å². The van der Waals surface area contributed by atoms with Crippen molar-refractivity contribution in [1.29, 1.82) is 0 Å². The molecule has 0 unspecified atom stereocenters. The van der Waals surface area contributed by atoms with E-state index in [1.165, 1.54) is 0 Å². The molecular weight excluding hydrogens is 421 g/mol. The third kappa shape index (κ3) is 8.89. The summed E-state index contributed by atoms with van der Waals surface area (Å²) in [6, 6.07) is 4.26. The summed E-state index contributed by atoms with van der Waals surface area (Å²) in [4.78, 5) is 4.63. The molecule has 1 saturated heterocycles. The van der Waals surface area contributed by atoms with Gasteiger partial charge in [-0.2, -0.15) is 0 Å². The first-order valence-corrected chi connectivity index (χ1v) is 8.52. The smallest absolute Gasteiger partial charge is 0.191 e. The van der Waals surface area contributed by atoms with Gasteiger partial charge >= 0.3 is 0 Å². The van der Waals surface area contributed by atoms with E-state index in [4.69, 9.17) is 13.9 Å². The SMILES string of the molecule is COCCCCCNC(=NCc1ccco1)NC1CCOCC1.I. The molecule has 2 heterocycles. The number of halogens is 1. The highest BCUT2D eigenvalue weighted by atomic mass is 127. The molecule has 138 valence electrons. The molecule has 0 bridgehead atoms. The van der Waals surface area contributed by atoms with Crippen molar-refractivity contribution in [3.8, 4) is 0 Å². The number of methoxy groups -OCH3 is 1. The highest BCUT2D eigenvalue weighted by molar-refractivity contribution is 14.0. The average Bonchev–Trinajstić information content (AvgIpc) is 3.10. The van der Waals surface area contributed by atoms with E-state index < -0.39 is 0 Å². The Morgan fingerprint density at radius 3 is 2.83 bits per heavy atom. The number of nitrogens with one attached hydrogen (secondary N) is 2. The number of rotatable bonds is 9. The minimum atomic E-state index is 0. The number of furan rings is 1. The number of nitrogens with zero attached hydrogens (tertiary/aromatic N) is 1. The standard InChI is InChI=1S/C17H29N3O3.HI/c1-21-10-4-2-3-9-18-17(19-14-16-6-5-11-23-16)20-15-7-12-22-13-8-15;/h5-6,11,15H,2-4,7-10,12-14H2,1H3,(H2,18,19,20);1H. The second-order valence-corrected chi connectivity index (χ2v) is 5.76. The quantitative estimate of drug-likeness (QED) is 0.262. The van der Waals surface area contributed by atoms with E-state index >= 15 is 0 Å². The molecule has 24 heavy (non-hydrogen) atoms. The molecule has 1 aromatic heterocycles. The molecule has 1 aliphatic rings. The fourth-order valence-electron chi connectivity index (χ4n) is 2.50. The van der Waals surface area contributed by atoms with Gasteiger partial charge in [0.2, 0.25) is 0 Å².